The Morgan fingerprint density at radius 2 is 1.23 bits per heavy atom. The summed E-state index contributed by atoms with van der Waals surface area (Å²) in [5.74, 6) is 1.57. The third-order valence-corrected chi connectivity index (χ3v) is 9.88. The summed E-state index contributed by atoms with van der Waals surface area (Å²) < 4.78 is 0. The molecule has 0 radical (unpaired) electrons. The van der Waals surface area contributed by atoms with Gasteiger partial charge < -0.3 is 5.32 Å². The van der Waals surface area contributed by atoms with Crippen molar-refractivity contribution in [1.82, 2.24) is 5.32 Å². The van der Waals surface area contributed by atoms with Crippen molar-refractivity contribution < 1.29 is 0 Å². The highest BCUT2D eigenvalue weighted by Crippen LogP contribution is 2.55. The van der Waals surface area contributed by atoms with Gasteiger partial charge in [-0.2, -0.15) is 0 Å². The Morgan fingerprint density at radius 3 is 2.04 bits per heavy atom. The van der Waals surface area contributed by atoms with E-state index in [0.717, 1.165) is 28.4 Å². The van der Waals surface area contributed by atoms with E-state index >= 15 is 0 Å². The van der Waals surface area contributed by atoms with Crippen molar-refractivity contribution in [2.24, 2.45) is 9.98 Å². The molecule has 0 saturated heterocycles. The van der Waals surface area contributed by atoms with Crippen LogP contribution in [0, 0.1) is 0 Å². The van der Waals surface area contributed by atoms with Crippen molar-refractivity contribution in [2.75, 3.05) is 0 Å². The van der Waals surface area contributed by atoms with E-state index in [2.05, 4.69) is 159 Å². The average molecular weight is 604 g/mol. The first-order chi connectivity index (χ1) is 23.1. The Balaban J connectivity index is 1.26. The summed E-state index contributed by atoms with van der Waals surface area (Å²) >= 11 is 0. The van der Waals surface area contributed by atoms with Crippen LogP contribution in [0.25, 0.3) is 43.8 Å². The zero-order valence-corrected chi connectivity index (χ0v) is 26.4. The molecule has 0 amide bonds. The van der Waals surface area contributed by atoms with Gasteiger partial charge in [0.2, 0.25) is 0 Å². The van der Waals surface area contributed by atoms with E-state index in [-0.39, 0.29) is 11.6 Å². The Labute approximate surface area is 275 Å². The average Bonchev–Trinajstić information content (AvgIpc) is 3.38. The topological polar surface area (TPSA) is 36.8 Å². The Morgan fingerprint density at radius 1 is 0.553 bits per heavy atom. The second-order valence-electron chi connectivity index (χ2n) is 13.0. The molecule has 7 aromatic carbocycles. The molecule has 1 aliphatic heterocycles. The predicted molar refractivity (Wildman–Crippen MR) is 196 cm³/mol. The van der Waals surface area contributed by atoms with Gasteiger partial charge in [-0.25, -0.2) is 9.98 Å². The fraction of sp³-hybridized carbons (Fsp3) is 0.0909. The quantitative estimate of drug-likeness (QED) is 0.214. The molecule has 7 aromatic rings. The lowest BCUT2D eigenvalue weighted by Crippen LogP contribution is -2.33. The number of hydrogen-bond donors (Lipinski definition) is 1. The number of hydrogen-bond acceptors (Lipinski definition) is 3. The summed E-state index contributed by atoms with van der Waals surface area (Å²) in [6.45, 7) is 4.74. The van der Waals surface area contributed by atoms with Gasteiger partial charge in [-0.1, -0.05) is 153 Å². The van der Waals surface area contributed by atoms with Gasteiger partial charge >= 0.3 is 0 Å². The lowest BCUT2D eigenvalue weighted by molar-refractivity contribution is 0.665. The van der Waals surface area contributed by atoms with Crippen LogP contribution in [-0.4, -0.2) is 11.7 Å². The summed E-state index contributed by atoms with van der Waals surface area (Å²) in [7, 11) is 0. The minimum Gasteiger partial charge on any atom is -0.344 e. The maximum Gasteiger partial charge on any atom is 0.159 e. The molecule has 9 rings (SSSR count). The predicted octanol–water partition coefficient (Wildman–Crippen LogP) is 10.5. The van der Waals surface area contributed by atoms with Crippen LogP contribution in [0.15, 0.2) is 162 Å². The fourth-order valence-corrected chi connectivity index (χ4v) is 7.63. The second-order valence-corrected chi connectivity index (χ2v) is 13.0. The molecule has 224 valence electrons. The Kier molecular flexibility index (Phi) is 6.23. The highest BCUT2D eigenvalue weighted by molar-refractivity contribution is 6.14. The van der Waals surface area contributed by atoms with Gasteiger partial charge in [0, 0.05) is 16.5 Å². The van der Waals surface area contributed by atoms with Gasteiger partial charge in [0.05, 0.1) is 0 Å². The number of amidine groups is 2. The molecule has 2 aliphatic rings. The van der Waals surface area contributed by atoms with Crippen molar-refractivity contribution >= 4 is 33.2 Å². The standard InChI is InChI=1S/C44H33N3/c1-44(2)38-27-32(43-46-41(29-15-5-3-6-16-29)45-42(47-43)30-17-7-4-8-18-30)24-25-36(38)39-37(26-31-19-10-12-22-34(31)40(39)44)35-23-13-20-28-14-9-11-21-33(28)35/h3-27,41H,1-2H3,(H,45,46,47). The third-order valence-electron chi connectivity index (χ3n) is 9.88. The van der Waals surface area contributed by atoms with E-state index in [0.29, 0.717) is 0 Å². The van der Waals surface area contributed by atoms with Gasteiger partial charge in [-0.05, 0) is 72.6 Å². The normalized spacial score (nSPS) is 16.3. The SMILES string of the molecule is CC1(C)c2cc(C3=NC(c4ccccc4)NC(c4ccccc4)=N3)ccc2-c2c(-c3cccc4ccccc34)cc3ccccc3c21. The van der Waals surface area contributed by atoms with Gasteiger partial charge in [0.1, 0.15) is 12.0 Å². The molecule has 1 atom stereocenters. The molecule has 1 aliphatic carbocycles. The summed E-state index contributed by atoms with van der Waals surface area (Å²) in [4.78, 5) is 10.3. The van der Waals surface area contributed by atoms with Crippen LogP contribution in [0.4, 0.5) is 0 Å². The van der Waals surface area contributed by atoms with Gasteiger partial charge in [0.15, 0.2) is 5.84 Å². The zero-order valence-electron chi connectivity index (χ0n) is 26.4. The molecule has 1 N–H and O–H groups in total. The van der Waals surface area contributed by atoms with Gasteiger partial charge in [0.25, 0.3) is 0 Å². The van der Waals surface area contributed by atoms with E-state index in [1.54, 1.807) is 0 Å². The van der Waals surface area contributed by atoms with E-state index < -0.39 is 0 Å². The van der Waals surface area contributed by atoms with Crippen LogP contribution < -0.4 is 5.32 Å². The van der Waals surface area contributed by atoms with Crippen molar-refractivity contribution in [3.05, 3.63) is 179 Å². The zero-order chi connectivity index (χ0) is 31.5. The number of benzene rings is 7. The molecule has 0 saturated carbocycles. The molecule has 3 heteroatoms. The largest absolute Gasteiger partial charge is 0.344 e. The highest BCUT2D eigenvalue weighted by Gasteiger charge is 2.39. The van der Waals surface area contributed by atoms with Crippen LogP contribution in [0.3, 0.4) is 0 Å². The monoisotopic (exact) mass is 603 g/mol. The lowest BCUT2D eigenvalue weighted by Gasteiger charge is -2.25. The first kappa shape index (κ1) is 27.5. The second kappa shape index (κ2) is 10.6. The molecular formula is C44H33N3. The number of nitrogens with zero attached hydrogens (tertiary/aromatic N) is 2. The van der Waals surface area contributed by atoms with Crippen molar-refractivity contribution in [3.8, 4) is 22.3 Å². The Bertz CT molecular complexity index is 2400. The molecule has 1 heterocycles. The molecule has 0 spiro atoms. The van der Waals surface area contributed by atoms with E-state index in [1.165, 1.54) is 54.9 Å². The van der Waals surface area contributed by atoms with Crippen molar-refractivity contribution in [1.29, 1.82) is 0 Å². The molecule has 0 aromatic heterocycles. The number of rotatable bonds is 4. The molecule has 47 heavy (non-hydrogen) atoms. The van der Waals surface area contributed by atoms with E-state index in [1.807, 2.05) is 12.1 Å². The summed E-state index contributed by atoms with van der Waals surface area (Å²) in [6.07, 6.45) is -0.237. The van der Waals surface area contributed by atoms with Crippen molar-refractivity contribution in [3.63, 3.8) is 0 Å². The third kappa shape index (κ3) is 4.42. The maximum absolute atomic E-state index is 5.19. The molecule has 1 unspecified atom stereocenters. The number of aliphatic imine (C=N–C) groups is 2. The lowest BCUT2D eigenvalue weighted by atomic mass is 9.78. The van der Waals surface area contributed by atoms with Crippen LogP contribution in [-0.2, 0) is 5.41 Å². The summed E-state index contributed by atoms with van der Waals surface area (Å²) in [6, 6.07) is 54.2. The molecule has 3 nitrogen and oxygen atoms in total. The highest BCUT2D eigenvalue weighted by atomic mass is 15.2. The van der Waals surface area contributed by atoms with E-state index in [4.69, 9.17) is 9.98 Å². The number of nitrogens with one attached hydrogen (secondary N) is 1. The maximum atomic E-state index is 5.19. The van der Waals surface area contributed by atoms with Crippen LogP contribution in [0.2, 0.25) is 0 Å². The van der Waals surface area contributed by atoms with Crippen LogP contribution >= 0.6 is 0 Å². The fourth-order valence-electron chi connectivity index (χ4n) is 7.63. The van der Waals surface area contributed by atoms with E-state index in [9.17, 15) is 0 Å². The van der Waals surface area contributed by atoms with Crippen LogP contribution in [0.5, 0.6) is 0 Å². The minimum atomic E-state index is -0.237. The summed E-state index contributed by atoms with van der Waals surface area (Å²) in [5, 5.41) is 8.69. The van der Waals surface area contributed by atoms with Gasteiger partial charge in [-0.3, -0.25) is 0 Å². The minimum absolute atomic E-state index is 0.237. The molecule has 0 fully saturated rings. The molecular weight excluding hydrogens is 571 g/mol. The smallest absolute Gasteiger partial charge is 0.159 e. The van der Waals surface area contributed by atoms with Gasteiger partial charge in [-0.15, -0.1) is 0 Å². The molecule has 0 bridgehead atoms. The first-order valence-electron chi connectivity index (χ1n) is 16.3. The Hall–Kier alpha value is -5.80. The first-order valence-corrected chi connectivity index (χ1v) is 16.3. The van der Waals surface area contributed by atoms with Crippen molar-refractivity contribution in [2.45, 2.75) is 25.4 Å². The van der Waals surface area contributed by atoms with Crippen LogP contribution in [0.1, 0.15) is 47.8 Å². The summed E-state index contributed by atoms with van der Waals surface area (Å²) in [5.41, 5.74) is 10.8. The number of fused-ring (bicyclic) bond motifs is 6.